The number of hydrogen-bond donors (Lipinski definition) is 1. The summed E-state index contributed by atoms with van der Waals surface area (Å²) in [5.41, 5.74) is 1.56. The predicted octanol–water partition coefficient (Wildman–Crippen LogP) is 2.56. The fourth-order valence-corrected chi connectivity index (χ4v) is 2.31. The van der Waals surface area contributed by atoms with Gasteiger partial charge in [0.05, 0.1) is 5.52 Å². The molecule has 0 unspecified atom stereocenters. The number of hydrogen-bond acceptors (Lipinski definition) is 2. The average Bonchev–Trinajstić information content (AvgIpc) is 3.02. The van der Waals surface area contributed by atoms with Gasteiger partial charge in [0.15, 0.2) is 0 Å². The van der Waals surface area contributed by atoms with Crippen LogP contribution in [0.1, 0.15) is 24.5 Å². The van der Waals surface area contributed by atoms with Crippen LogP contribution in [0.25, 0.3) is 10.9 Å². The zero-order valence-electron chi connectivity index (χ0n) is 7.96. The third-order valence-corrected chi connectivity index (χ3v) is 3.36. The van der Waals surface area contributed by atoms with Gasteiger partial charge in [-0.25, -0.2) is 4.79 Å². The Morgan fingerprint density at radius 2 is 2.20 bits per heavy atom. The van der Waals surface area contributed by atoms with Gasteiger partial charge in [-0.2, -0.15) is 4.98 Å². The number of nitrogens with one attached hydrogen (secondary N) is 1. The van der Waals surface area contributed by atoms with Gasteiger partial charge in [-0.3, -0.25) is 0 Å². The second-order valence-corrected chi connectivity index (χ2v) is 4.72. The summed E-state index contributed by atoms with van der Waals surface area (Å²) in [6.45, 7) is 0. The van der Waals surface area contributed by atoms with E-state index in [1.165, 1.54) is 12.8 Å². The molecule has 1 aromatic carbocycles. The van der Waals surface area contributed by atoms with E-state index in [1.54, 1.807) is 0 Å². The van der Waals surface area contributed by atoms with Crippen molar-refractivity contribution in [3.8, 4) is 0 Å². The number of aromatic amines is 1. The molecule has 0 atom stereocenters. The smallest absolute Gasteiger partial charge is 0.309 e. The van der Waals surface area contributed by atoms with Gasteiger partial charge in [0, 0.05) is 15.6 Å². The van der Waals surface area contributed by atoms with E-state index in [2.05, 4.69) is 25.9 Å². The van der Waals surface area contributed by atoms with E-state index in [4.69, 9.17) is 0 Å². The summed E-state index contributed by atoms with van der Waals surface area (Å²) in [4.78, 5) is 18.2. The molecule has 1 aromatic heterocycles. The first-order valence-electron chi connectivity index (χ1n) is 4.94. The minimum atomic E-state index is -0.253. The molecule has 0 bridgehead atoms. The Kier molecular flexibility index (Phi) is 1.92. The van der Waals surface area contributed by atoms with Gasteiger partial charge in [0.2, 0.25) is 0 Å². The molecule has 76 valence electrons. The summed E-state index contributed by atoms with van der Waals surface area (Å²) in [5, 5.41) is 1.06. The fourth-order valence-electron chi connectivity index (χ4n) is 1.85. The van der Waals surface area contributed by atoms with E-state index < -0.39 is 0 Å². The van der Waals surface area contributed by atoms with Gasteiger partial charge in [0.25, 0.3) is 0 Å². The number of para-hydroxylation sites is 1. The molecule has 1 aliphatic carbocycles. The molecule has 2 aromatic rings. The zero-order valence-corrected chi connectivity index (χ0v) is 9.54. The Hall–Kier alpha value is -1.16. The third kappa shape index (κ3) is 1.49. The van der Waals surface area contributed by atoms with E-state index in [9.17, 15) is 4.79 Å². The van der Waals surface area contributed by atoms with Crippen LogP contribution in [0.15, 0.2) is 27.5 Å². The molecule has 1 fully saturated rings. The third-order valence-electron chi connectivity index (χ3n) is 2.72. The largest absolute Gasteiger partial charge is 0.345 e. The maximum absolute atomic E-state index is 11.4. The minimum Gasteiger partial charge on any atom is -0.309 e. The molecule has 0 spiro atoms. The van der Waals surface area contributed by atoms with Crippen molar-refractivity contribution in [1.29, 1.82) is 0 Å². The molecule has 1 aliphatic rings. The van der Waals surface area contributed by atoms with Gasteiger partial charge >= 0.3 is 5.69 Å². The van der Waals surface area contributed by atoms with Crippen LogP contribution >= 0.6 is 15.9 Å². The number of aromatic nitrogens is 2. The van der Waals surface area contributed by atoms with Crippen LogP contribution in [0.5, 0.6) is 0 Å². The number of halogens is 1. The summed E-state index contributed by atoms with van der Waals surface area (Å²) < 4.78 is 0.882. The molecule has 0 radical (unpaired) electrons. The molecule has 3 nitrogen and oxygen atoms in total. The van der Waals surface area contributed by atoms with Crippen molar-refractivity contribution in [3.05, 3.63) is 38.9 Å². The van der Waals surface area contributed by atoms with Crippen molar-refractivity contribution < 1.29 is 0 Å². The normalized spacial score (nSPS) is 15.8. The van der Waals surface area contributed by atoms with Gasteiger partial charge in [0.1, 0.15) is 0 Å². The molecule has 3 rings (SSSR count). The van der Waals surface area contributed by atoms with Crippen molar-refractivity contribution in [2.24, 2.45) is 0 Å². The second-order valence-electron chi connectivity index (χ2n) is 3.87. The Labute approximate surface area is 94.7 Å². The lowest BCUT2D eigenvalue weighted by atomic mass is 10.1. The lowest BCUT2D eigenvalue weighted by Gasteiger charge is -2.04. The summed E-state index contributed by atoms with van der Waals surface area (Å²) >= 11 is 3.42. The van der Waals surface area contributed by atoms with Crippen LogP contribution in [0.3, 0.4) is 0 Å². The van der Waals surface area contributed by atoms with Gasteiger partial charge in [-0.15, -0.1) is 0 Å². The van der Waals surface area contributed by atoms with Crippen LogP contribution in [-0.2, 0) is 0 Å². The molecule has 1 heterocycles. The van der Waals surface area contributed by atoms with E-state index >= 15 is 0 Å². The number of rotatable bonds is 1. The molecule has 0 saturated heterocycles. The van der Waals surface area contributed by atoms with E-state index in [0.717, 1.165) is 21.1 Å². The van der Waals surface area contributed by atoms with Gasteiger partial charge in [-0.05, 0) is 40.8 Å². The maximum Gasteiger partial charge on any atom is 0.345 e. The van der Waals surface area contributed by atoms with Crippen LogP contribution in [-0.4, -0.2) is 9.97 Å². The number of H-pyrrole nitrogens is 1. The predicted molar refractivity (Wildman–Crippen MR) is 62.0 cm³/mol. The van der Waals surface area contributed by atoms with Crippen LogP contribution in [0.4, 0.5) is 0 Å². The minimum absolute atomic E-state index is 0.253. The monoisotopic (exact) mass is 264 g/mol. The summed E-state index contributed by atoms with van der Waals surface area (Å²) in [7, 11) is 0. The highest BCUT2D eigenvalue weighted by Crippen LogP contribution is 2.41. The topological polar surface area (TPSA) is 45.8 Å². The van der Waals surface area contributed by atoms with Crippen molar-refractivity contribution >= 4 is 26.8 Å². The first-order chi connectivity index (χ1) is 7.25. The number of benzene rings is 1. The molecule has 0 aliphatic heterocycles. The number of nitrogens with zero attached hydrogens (tertiary/aromatic N) is 1. The molecule has 1 saturated carbocycles. The first-order valence-corrected chi connectivity index (χ1v) is 5.73. The van der Waals surface area contributed by atoms with Crippen LogP contribution in [0.2, 0.25) is 0 Å². The van der Waals surface area contributed by atoms with Crippen molar-refractivity contribution in [3.63, 3.8) is 0 Å². The summed E-state index contributed by atoms with van der Waals surface area (Å²) in [6.07, 6.45) is 2.34. The van der Waals surface area contributed by atoms with E-state index in [1.807, 2.05) is 18.2 Å². The lowest BCUT2D eigenvalue weighted by molar-refractivity contribution is 0.979. The van der Waals surface area contributed by atoms with Crippen molar-refractivity contribution in [2.45, 2.75) is 18.8 Å². The Bertz CT molecular complexity index is 587. The molecule has 1 N–H and O–H groups in total. The number of fused-ring (bicyclic) bond motifs is 1. The van der Waals surface area contributed by atoms with Crippen LogP contribution < -0.4 is 5.69 Å². The lowest BCUT2D eigenvalue weighted by Crippen LogP contribution is -2.12. The Morgan fingerprint density at radius 1 is 1.40 bits per heavy atom. The highest BCUT2D eigenvalue weighted by molar-refractivity contribution is 9.10. The summed E-state index contributed by atoms with van der Waals surface area (Å²) in [6, 6.07) is 5.89. The maximum atomic E-state index is 11.4. The molecule has 4 heteroatoms. The Morgan fingerprint density at radius 3 is 2.93 bits per heavy atom. The fraction of sp³-hybridized carbons (Fsp3) is 0.273. The first kappa shape index (κ1) is 9.09. The van der Waals surface area contributed by atoms with E-state index in [0.29, 0.717) is 5.92 Å². The van der Waals surface area contributed by atoms with Gasteiger partial charge in [-0.1, -0.05) is 12.1 Å². The standard InChI is InChI=1S/C11H9BrN2O/c12-8-3-1-2-7-9(6-4-5-6)13-11(15)14-10(7)8/h1-3,6H,4-5H2,(H,13,14,15). The highest BCUT2D eigenvalue weighted by atomic mass is 79.9. The molecule has 0 amide bonds. The van der Waals surface area contributed by atoms with Gasteiger partial charge < -0.3 is 4.98 Å². The van der Waals surface area contributed by atoms with Crippen molar-refractivity contribution in [1.82, 2.24) is 9.97 Å². The highest BCUT2D eigenvalue weighted by Gasteiger charge is 2.26. The SMILES string of the molecule is O=c1nc2c(Br)cccc2c(C2CC2)[nH]1. The summed E-state index contributed by atoms with van der Waals surface area (Å²) in [5.74, 6) is 0.525. The van der Waals surface area contributed by atoms with Crippen LogP contribution in [0, 0.1) is 0 Å². The molecular weight excluding hydrogens is 256 g/mol. The quantitative estimate of drug-likeness (QED) is 0.861. The second kappa shape index (κ2) is 3.17. The zero-order chi connectivity index (χ0) is 10.4. The van der Waals surface area contributed by atoms with Crippen molar-refractivity contribution in [2.75, 3.05) is 0 Å². The molecular formula is C11H9BrN2O. The Balaban J connectivity index is 2.43. The average molecular weight is 265 g/mol. The van der Waals surface area contributed by atoms with E-state index in [-0.39, 0.29) is 5.69 Å². The molecule has 15 heavy (non-hydrogen) atoms.